The first-order valence-electron chi connectivity index (χ1n) is 10.9. The number of halogens is 2. The van der Waals surface area contributed by atoms with Gasteiger partial charge in [-0.15, -0.1) is 11.8 Å². The van der Waals surface area contributed by atoms with Gasteiger partial charge in [0.1, 0.15) is 5.84 Å². The van der Waals surface area contributed by atoms with Crippen LogP contribution < -0.4 is 10.6 Å². The lowest BCUT2D eigenvalue weighted by Gasteiger charge is -2.34. The molecule has 1 aromatic heterocycles. The summed E-state index contributed by atoms with van der Waals surface area (Å²) in [6, 6.07) is 6.56. The summed E-state index contributed by atoms with van der Waals surface area (Å²) in [6.07, 6.45) is 5.84. The number of anilines is 2. The molecule has 3 rings (SSSR count). The third-order valence-electron chi connectivity index (χ3n) is 6.18. The minimum atomic E-state index is -2.68. The van der Waals surface area contributed by atoms with E-state index in [4.69, 9.17) is 0 Å². The minimum Gasteiger partial charge on any atom is -0.378 e. The molecule has 0 bridgehead atoms. The normalized spacial score (nSPS) is 16.9. The molecule has 1 aliphatic carbocycles. The van der Waals surface area contributed by atoms with Gasteiger partial charge < -0.3 is 15.6 Å². The van der Waals surface area contributed by atoms with E-state index in [-0.39, 0.29) is 5.82 Å². The Kier molecular flexibility index (Phi) is 7.98. The van der Waals surface area contributed by atoms with Crippen LogP contribution in [0.5, 0.6) is 0 Å². The van der Waals surface area contributed by atoms with E-state index in [1.54, 1.807) is 18.8 Å². The number of aliphatic imine (C=N–C) groups is 1. The smallest absolute Gasteiger partial charge is 0.295 e. The molecule has 1 fully saturated rings. The molecule has 0 atom stereocenters. The number of benzene rings is 1. The largest absolute Gasteiger partial charge is 0.378 e. The third kappa shape index (κ3) is 5.91. The highest BCUT2D eigenvalue weighted by atomic mass is 32.2. The lowest BCUT2D eigenvalue weighted by Crippen LogP contribution is -2.20. The highest BCUT2D eigenvalue weighted by molar-refractivity contribution is 7.98. The van der Waals surface area contributed by atoms with E-state index in [1.165, 1.54) is 37.3 Å². The first-order chi connectivity index (χ1) is 15.3. The summed E-state index contributed by atoms with van der Waals surface area (Å²) >= 11 is 1.68. The van der Waals surface area contributed by atoms with Crippen molar-refractivity contribution in [1.82, 2.24) is 9.97 Å². The van der Waals surface area contributed by atoms with Gasteiger partial charge in [-0.05, 0) is 67.0 Å². The SMILES string of the molecule is C=CC(=NC)Nc1nc(C(F)F)[nH]c1CNc1ccc(C2CCC(C)(C)CC2)cc1SC. The van der Waals surface area contributed by atoms with Gasteiger partial charge in [0.2, 0.25) is 0 Å². The van der Waals surface area contributed by atoms with Crippen LogP contribution in [0.1, 0.15) is 69.0 Å². The fourth-order valence-corrected chi connectivity index (χ4v) is 4.72. The summed E-state index contributed by atoms with van der Waals surface area (Å²) in [5, 5.41) is 6.34. The zero-order valence-corrected chi connectivity index (χ0v) is 20.1. The van der Waals surface area contributed by atoms with E-state index in [9.17, 15) is 8.78 Å². The summed E-state index contributed by atoms with van der Waals surface area (Å²) < 4.78 is 26.4. The number of amidine groups is 1. The number of rotatable bonds is 8. The molecule has 3 N–H and O–H groups in total. The fraction of sp³-hybridized carbons (Fsp3) is 0.500. The van der Waals surface area contributed by atoms with E-state index >= 15 is 0 Å². The monoisotopic (exact) mass is 461 g/mol. The Morgan fingerprint density at radius 1 is 1.38 bits per heavy atom. The molecule has 1 heterocycles. The lowest BCUT2D eigenvalue weighted by atomic mass is 9.71. The standard InChI is InChI=1S/C24H33F2N5S/c1-6-20(27-4)30-22-18(29-23(31-22)21(25)26)14-28-17-8-7-16(13-19(17)32-5)15-9-11-24(2,3)12-10-15/h6-8,13,15,21,28H,1,9-12,14H2,2-5H3,(H,27,30)(H,29,31). The van der Waals surface area contributed by atoms with Crippen molar-refractivity contribution < 1.29 is 8.78 Å². The summed E-state index contributed by atoms with van der Waals surface area (Å²) in [5.74, 6) is 1.01. The second kappa shape index (κ2) is 10.5. The molecule has 0 spiro atoms. The van der Waals surface area contributed by atoms with Crippen molar-refractivity contribution in [3.05, 3.63) is 47.9 Å². The maximum Gasteiger partial charge on any atom is 0.295 e. The Labute approximate surface area is 193 Å². The lowest BCUT2D eigenvalue weighted by molar-refractivity contribution is 0.141. The van der Waals surface area contributed by atoms with Gasteiger partial charge in [0.05, 0.1) is 12.2 Å². The summed E-state index contributed by atoms with van der Waals surface area (Å²) in [7, 11) is 1.60. The van der Waals surface area contributed by atoms with Gasteiger partial charge in [-0.25, -0.2) is 13.8 Å². The number of imidazole rings is 1. The van der Waals surface area contributed by atoms with Gasteiger partial charge in [0, 0.05) is 17.6 Å². The Morgan fingerprint density at radius 2 is 2.09 bits per heavy atom. The van der Waals surface area contributed by atoms with Crippen molar-refractivity contribution in [1.29, 1.82) is 0 Å². The predicted molar refractivity (Wildman–Crippen MR) is 131 cm³/mol. The predicted octanol–water partition coefficient (Wildman–Crippen LogP) is 6.99. The second-order valence-electron chi connectivity index (χ2n) is 8.94. The number of thioether (sulfide) groups is 1. The van der Waals surface area contributed by atoms with Crippen LogP contribution in [0.2, 0.25) is 0 Å². The molecule has 0 amide bonds. The average Bonchev–Trinajstić information content (AvgIpc) is 3.19. The van der Waals surface area contributed by atoms with Gasteiger partial charge in [-0.2, -0.15) is 0 Å². The molecule has 5 nitrogen and oxygen atoms in total. The molecule has 0 radical (unpaired) electrons. The van der Waals surface area contributed by atoms with Crippen LogP contribution in [-0.4, -0.2) is 29.1 Å². The number of H-pyrrole nitrogens is 1. The van der Waals surface area contributed by atoms with E-state index in [1.807, 2.05) is 0 Å². The Morgan fingerprint density at radius 3 is 2.69 bits per heavy atom. The van der Waals surface area contributed by atoms with Crippen molar-refractivity contribution >= 4 is 29.1 Å². The zero-order chi connectivity index (χ0) is 23.3. The first-order valence-corrected chi connectivity index (χ1v) is 12.1. The van der Waals surface area contributed by atoms with E-state index in [2.05, 4.69) is 70.5 Å². The highest BCUT2D eigenvalue weighted by Crippen LogP contribution is 2.43. The van der Waals surface area contributed by atoms with Crippen LogP contribution in [0, 0.1) is 5.41 Å². The molecular weight excluding hydrogens is 428 g/mol. The van der Waals surface area contributed by atoms with E-state index in [0.29, 0.717) is 35.2 Å². The van der Waals surface area contributed by atoms with Crippen molar-refractivity contribution in [2.75, 3.05) is 23.9 Å². The number of hydrogen-bond acceptors (Lipinski definition) is 4. The van der Waals surface area contributed by atoms with Gasteiger partial charge in [0.15, 0.2) is 11.6 Å². The van der Waals surface area contributed by atoms with Crippen molar-refractivity contribution in [2.24, 2.45) is 10.4 Å². The molecule has 0 unspecified atom stereocenters. The number of alkyl halides is 2. The molecule has 0 saturated heterocycles. The van der Waals surface area contributed by atoms with E-state index < -0.39 is 6.43 Å². The third-order valence-corrected chi connectivity index (χ3v) is 6.95. The molecule has 0 aliphatic heterocycles. The molecule has 1 aliphatic rings. The zero-order valence-electron chi connectivity index (χ0n) is 19.3. The fourth-order valence-electron chi connectivity index (χ4n) is 4.11. The topological polar surface area (TPSA) is 65.1 Å². The minimum absolute atomic E-state index is 0.320. The van der Waals surface area contributed by atoms with Crippen LogP contribution >= 0.6 is 11.8 Å². The maximum absolute atomic E-state index is 13.2. The molecular formula is C24H33F2N5S. The number of aromatic amines is 1. The van der Waals surface area contributed by atoms with Crippen molar-refractivity contribution in [2.45, 2.75) is 63.3 Å². The van der Waals surface area contributed by atoms with Crippen LogP contribution in [0.3, 0.4) is 0 Å². The number of aromatic nitrogens is 2. The van der Waals surface area contributed by atoms with E-state index in [0.717, 1.165) is 10.6 Å². The highest BCUT2D eigenvalue weighted by Gasteiger charge is 2.28. The van der Waals surface area contributed by atoms with Gasteiger partial charge in [0.25, 0.3) is 6.43 Å². The van der Waals surface area contributed by atoms with Crippen molar-refractivity contribution in [3.8, 4) is 0 Å². The van der Waals surface area contributed by atoms with Crippen LogP contribution in [0.25, 0.3) is 0 Å². The Balaban J connectivity index is 1.76. The summed E-state index contributed by atoms with van der Waals surface area (Å²) in [5.41, 5.74) is 3.34. The summed E-state index contributed by atoms with van der Waals surface area (Å²) in [6.45, 7) is 8.70. The Hall–Kier alpha value is -2.35. The second-order valence-corrected chi connectivity index (χ2v) is 9.79. The first kappa shape index (κ1) is 24.3. The van der Waals surface area contributed by atoms with Gasteiger partial charge in [-0.1, -0.05) is 26.5 Å². The van der Waals surface area contributed by atoms with Gasteiger partial charge in [-0.3, -0.25) is 4.99 Å². The average molecular weight is 462 g/mol. The van der Waals surface area contributed by atoms with Crippen LogP contribution in [0.4, 0.5) is 20.3 Å². The molecule has 174 valence electrons. The molecule has 32 heavy (non-hydrogen) atoms. The molecule has 1 saturated carbocycles. The quantitative estimate of drug-likeness (QED) is 0.225. The van der Waals surface area contributed by atoms with Crippen molar-refractivity contribution in [3.63, 3.8) is 0 Å². The van der Waals surface area contributed by atoms with Crippen LogP contribution in [0.15, 0.2) is 40.7 Å². The molecule has 1 aromatic carbocycles. The summed E-state index contributed by atoms with van der Waals surface area (Å²) in [4.78, 5) is 11.9. The number of nitrogens with one attached hydrogen (secondary N) is 3. The Bertz CT molecular complexity index is 957. The van der Waals surface area contributed by atoms with Gasteiger partial charge >= 0.3 is 0 Å². The molecule has 2 aromatic rings. The maximum atomic E-state index is 13.2. The number of nitrogens with zero attached hydrogens (tertiary/aromatic N) is 2. The molecule has 8 heteroatoms. The van der Waals surface area contributed by atoms with Crippen LogP contribution in [-0.2, 0) is 6.54 Å². The number of hydrogen-bond donors (Lipinski definition) is 3.